The third-order valence-electron chi connectivity index (χ3n) is 1.99. The highest BCUT2D eigenvalue weighted by molar-refractivity contribution is 5.23. The first-order chi connectivity index (χ1) is 6.81. The van der Waals surface area contributed by atoms with Crippen LogP contribution in [0, 0.1) is 5.82 Å². The number of rotatable bonds is 3. The molecule has 5 heteroatoms. The van der Waals surface area contributed by atoms with Gasteiger partial charge in [0.05, 0.1) is 19.8 Å². The number of aliphatic hydroxyl groups excluding tert-OH is 1. The van der Waals surface area contributed by atoms with Gasteiger partial charge in [0.25, 0.3) is 5.88 Å². The maximum absolute atomic E-state index is 13.4. The average Bonchev–Trinajstić information content (AvgIpc) is 2.13. The van der Waals surface area contributed by atoms with Gasteiger partial charge >= 0.3 is 0 Å². The molecule has 0 aliphatic carbocycles. The van der Waals surface area contributed by atoms with Gasteiger partial charge in [-0.3, -0.25) is 0 Å². The third-order valence-corrected chi connectivity index (χ3v) is 1.99. The molecule has 1 fully saturated rings. The van der Waals surface area contributed by atoms with Crippen molar-refractivity contribution in [3.05, 3.63) is 23.6 Å². The fourth-order valence-corrected chi connectivity index (χ4v) is 1.11. The summed E-state index contributed by atoms with van der Waals surface area (Å²) >= 11 is 0. The van der Waals surface area contributed by atoms with E-state index in [-0.39, 0.29) is 24.2 Å². The number of nitrogens with zero attached hydrogens (tertiary/aromatic N) is 1. The van der Waals surface area contributed by atoms with Gasteiger partial charge in [-0.05, 0) is 6.07 Å². The zero-order valence-corrected chi connectivity index (χ0v) is 7.44. The molecule has 2 heterocycles. The summed E-state index contributed by atoms with van der Waals surface area (Å²) in [6.07, 6.45) is 1.29. The van der Waals surface area contributed by atoms with Gasteiger partial charge in [0.15, 0.2) is 5.82 Å². The number of hydrogen-bond acceptors (Lipinski definition) is 4. The molecule has 1 aromatic heterocycles. The highest BCUT2D eigenvalue weighted by atomic mass is 19.1. The van der Waals surface area contributed by atoms with Gasteiger partial charge in [0.2, 0.25) is 0 Å². The summed E-state index contributed by atoms with van der Waals surface area (Å²) in [5.74, 6) is -0.660. The van der Waals surface area contributed by atoms with Gasteiger partial charge in [-0.15, -0.1) is 0 Å². The number of hydrogen-bond donors (Lipinski definition) is 1. The quantitative estimate of drug-likeness (QED) is 0.769. The smallest absolute Gasteiger partial charge is 0.251 e. The topological polar surface area (TPSA) is 51.6 Å². The van der Waals surface area contributed by atoms with Crippen molar-refractivity contribution in [3.63, 3.8) is 0 Å². The predicted molar refractivity (Wildman–Crippen MR) is 45.4 cm³/mol. The summed E-state index contributed by atoms with van der Waals surface area (Å²) in [5.41, 5.74) is 0.190. The molecule has 1 saturated heterocycles. The molecule has 0 atom stereocenters. The minimum atomic E-state index is -0.595. The normalized spacial score (nSPS) is 16.4. The molecule has 4 nitrogen and oxygen atoms in total. The second-order valence-corrected chi connectivity index (χ2v) is 3.02. The SMILES string of the molecule is OCc1ccnc(OC2COC2)c1F. The van der Waals surface area contributed by atoms with E-state index in [9.17, 15) is 4.39 Å². The van der Waals surface area contributed by atoms with Crippen LogP contribution in [0.3, 0.4) is 0 Å². The Morgan fingerprint density at radius 3 is 3.00 bits per heavy atom. The number of pyridine rings is 1. The maximum atomic E-state index is 13.4. The van der Waals surface area contributed by atoms with Gasteiger partial charge in [0, 0.05) is 11.8 Å². The second kappa shape index (κ2) is 3.89. The van der Waals surface area contributed by atoms with E-state index in [1.54, 1.807) is 0 Å². The van der Waals surface area contributed by atoms with Crippen molar-refractivity contribution < 1.29 is 19.0 Å². The lowest BCUT2D eigenvalue weighted by atomic mass is 10.2. The van der Waals surface area contributed by atoms with E-state index in [2.05, 4.69) is 4.98 Å². The molecule has 0 amide bonds. The first kappa shape index (κ1) is 9.36. The van der Waals surface area contributed by atoms with Gasteiger partial charge in [0.1, 0.15) is 6.10 Å². The summed E-state index contributed by atoms with van der Waals surface area (Å²) in [5, 5.41) is 8.80. The highest BCUT2D eigenvalue weighted by Gasteiger charge is 2.22. The van der Waals surface area contributed by atoms with Crippen LogP contribution in [-0.2, 0) is 11.3 Å². The lowest BCUT2D eigenvalue weighted by Gasteiger charge is -2.26. The molecule has 1 N–H and O–H groups in total. The van der Waals surface area contributed by atoms with Gasteiger partial charge < -0.3 is 14.6 Å². The summed E-state index contributed by atoms with van der Waals surface area (Å²) in [6.45, 7) is 0.570. The third kappa shape index (κ3) is 1.69. The number of aliphatic hydroxyl groups is 1. The highest BCUT2D eigenvalue weighted by Crippen LogP contribution is 2.20. The van der Waals surface area contributed by atoms with Crippen molar-refractivity contribution in [2.45, 2.75) is 12.7 Å². The summed E-state index contributed by atoms with van der Waals surface area (Å²) in [6, 6.07) is 1.42. The molecule has 76 valence electrons. The molecular weight excluding hydrogens is 189 g/mol. The number of aromatic nitrogens is 1. The molecular formula is C9H10FNO3. The van der Waals surface area contributed by atoms with Crippen molar-refractivity contribution >= 4 is 0 Å². The van der Waals surface area contributed by atoms with Crippen LogP contribution in [0.15, 0.2) is 12.3 Å². The van der Waals surface area contributed by atoms with E-state index in [1.165, 1.54) is 12.3 Å². The van der Waals surface area contributed by atoms with Crippen molar-refractivity contribution in [2.24, 2.45) is 0 Å². The zero-order chi connectivity index (χ0) is 9.97. The lowest BCUT2D eigenvalue weighted by Crippen LogP contribution is -2.39. The molecule has 0 unspecified atom stereocenters. The molecule has 1 aliphatic rings. The number of ether oxygens (including phenoxy) is 2. The van der Waals surface area contributed by atoms with E-state index >= 15 is 0 Å². The fraction of sp³-hybridized carbons (Fsp3) is 0.444. The van der Waals surface area contributed by atoms with Crippen LogP contribution < -0.4 is 4.74 Å². The van der Waals surface area contributed by atoms with Crippen LogP contribution in [-0.4, -0.2) is 29.4 Å². The molecule has 1 aromatic rings. The van der Waals surface area contributed by atoms with Gasteiger partial charge in [-0.25, -0.2) is 9.37 Å². The predicted octanol–water partition coefficient (Wildman–Crippen LogP) is 0.491. The minimum absolute atomic E-state index is 0.0650. The van der Waals surface area contributed by atoms with Gasteiger partial charge in [-0.2, -0.15) is 0 Å². The fourth-order valence-electron chi connectivity index (χ4n) is 1.11. The molecule has 14 heavy (non-hydrogen) atoms. The van der Waals surface area contributed by atoms with Crippen molar-refractivity contribution in [1.82, 2.24) is 4.98 Å². The minimum Gasteiger partial charge on any atom is -0.467 e. The Morgan fingerprint density at radius 2 is 2.43 bits per heavy atom. The molecule has 0 radical (unpaired) electrons. The van der Waals surface area contributed by atoms with Crippen LogP contribution >= 0.6 is 0 Å². The Labute approximate surface area is 80.3 Å². The first-order valence-electron chi connectivity index (χ1n) is 4.30. The Kier molecular flexibility index (Phi) is 2.60. The summed E-state index contributed by atoms with van der Waals surface area (Å²) < 4.78 is 23.5. The molecule has 0 spiro atoms. The Hall–Kier alpha value is -1.20. The van der Waals surface area contributed by atoms with Crippen LogP contribution in [0.5, 0.6) is 5.88 Å². The molecule has 0 aromatic carbocycles. The van der Waals surface area contributed by atoms with E-state index in [0.29, 0.717) is 13.2 Å². The van der Waals surface area contributed by atoms with Crippen molar-refractivity contribution in [2.75, 3.05) is 13.2 Å². The largest absolute Gasteiger partial charge is 0.467 e. The van der Waals surface area contributed by atoms with E-state index in [4.69, 9.17) is 14.6 Å². The maximum Gasteiger partial charge on any atom is 0.251 e. The molecule has 2 rings (SSSR count). The Bertz CT molecular complexity index is 328. The van der Waals surface area contributed by atoms with Crippen LogP contribution in [0.25, 0.3) is 0 Å². The Balaban J connectivity index is 2.15. The monoisotopic (exact) mass is 199 g/mol. The lowest BCUT2D eigenvalue weighted by molar-refractivity contribution is -0.0827. The van der Waals surface area contributed by atoms with E-state index in [1.807, 2.05) is 0 Å². The summed E-state index contributed by atoms with van der Waals surface area (Å²) in [7, 11) is 0. The van der Waals surface area contributed by atoms with E-state index in [0.717, 1.165) is 0 Å². The van der Waals surface area contributed by atoms with Gasteiger partial charge in [-0.1, -0.05) is 0 Å². The van der Waals surface area contributed by atoms with Crippen molar-refractivity contribution in [3.8, 4) is 5.88 Å². The molecule has 0 bridgehead atoms. The number of halogens is 1. The first-order valence-corrected chi connectivity index (χ1v) is 4.30. The van der Waals surface area contributed by atoms with Crippen molar-refractivity contribution in [1.29, 1.82) is 0 Å². The average molecular weight is 199 g/mol. The van der Waals surface area contributed by atoms with Crippen LogP contribution in [0.1, 0.15) is 5.56 Å². The zero-order valence-electron chi connectivity index (χ0n) is 7.44. The molecule has 0 saturated carbocycles. The van der Waals surface area contributed by atoms with E-state index < -0.39 is 5.82 Å². The summed E-state index contributed by atoms with van der Waals surface area (Å²) in [4.78, 5) is 3.74. The van der Waals surface area contributed by atoms with Crippen LogP contribution in [0.2, 0.25) is 0 Å². The Morgan fingerprint density at radius 1 is 1.64 bits per heavy atom. The standard InChI is InChI=1S/C9H10FNO3/c10-8-6(3-12)1-2-11-9(8)14-7-4-13-5-7/h1-2,7,12H,3-5H2. The second-order valence-electron chi connectivity index (χ2n) is 3.02. The molecule has 1 aliphatic heterocycles. The van der Waals surface area contributed by atoms with Crippen LogP contribution in [0.4, 0.5) is 4.39 Å².